The molecule has 0 aromatic heterocycles. The molecule has 9 nitrogen and oxygen atoms in total. The average Bonchev–Trinajstić information content (AvgIpc) is 2.66. The number of sulfonamides is 1. The standard InChI is InChI=1S/C21H33FN4O5S/c1-21(2,3)31-20(27)23-8-10-25-12-17-14-26(15-18(13-25)30-17)11-9-24-32(28,29)19-6-4-16(22)5-7-19/h4-7,17-18,24H,8-15H2,1-3H3,(H,23,27). The number of nitrogens with zero attached hydrogens (tertiary/aromatic N) is 2. The fraction of sp³-hybridized carbons (Fsp3) is 0.667. The van der Waals surface area contributed by atoms with E-state index >= 15 is 0 Å². The summed E-state index contributed by atoms with van der Waals surface area (Å²) in [6.45, 7) is 10.5. The van der Waals surface area contributed by atoms with Gasteiger partial charge in [0.1, 0.15) is 11.4 Å². The predicted molar refractivity (Wildman–Crippen MR) is 117 cm³/mol. The highest BCUT2D eigenvalue weighted by molar-refractivity contribution is 7.89. The number of benzene rings is 1. The SMILES string of the molecule is CC(C)(C)OC(=O)NCCN1CC2CN(CCNS(=O)(=O)c3ccc(F)cc3)CC(C1)O2. The maximum atomic E-state index is 13.0. The lowest BCUT2D eigenvalue weighted by molar-refractivity contribution is -0.137. The van der Waals surface area contributed by atoms with Crippen molar-refractivity contribution in [2.45, 2.75) is 43.5 Å². The first-order valence-corrected chi connectivity index (χ1v) is 12.3. The molecule has 2 bridgehead atoms. The second-order valence-corrected chi connectivity index (χ2v) is 10.9. The minimum atomic E-state index is -3.66. The highest BCUT2D eigenvalue weighted by atomic mass is 32.2. The minimum Gasteiger partial charge on any atom is -0.444 e. The lowest BCUT2D eigenvalue weighted by Gasteiger charge is -2.45. The second kappa shape index (κ2) is 10.4. The topological polar surface area (TPSA) is 100 Å². The Morgan fingerprint density at radius 2 is 1.59 bits per heavy atom. The van der Waals surface area contributed by atoms with E-state index in [1.807, 2.05) is 20.8 Å². The van der Waals surface area contributed by atoms with E-state index in [-0.39, 0.29) is 23.6 Å². The molecule has 3 rings (SSSR count). The third-order valence-electron chi connectivity index (χ3n) is 5.17. The molecule has 32 heavy (non-hydrogen) atoms. The van der Waals surface area contributed by atoms with Crippen molar-refractivity contribution in [1.82, 2.24) is 19.8 Å². The smallest absolute Gasteiger partial charge is 0.407 e. The van der Waals surface area contributed by atoms with Crippen LogP contribution in [-0.2, 0) is 19.5 Å². The van der Waals surface area contributed by atoms with E-state index in [0.717, 1.165) is 25.2 Å². The fourth-order valence-electron chi connectivity index (χ4n) is 3.89. The van der Waals surface area contributed by atoms with Crippen LogP contribution >= 0.6 is 0 Å². The van der Waals surface area contributed by atoms with Crippen LogP contribution in [0.1, 0.15) is 20.8 Å². The molecule has 0 saturated carbocycles. The highest BCUT2D eigenvalue weighted by Crippen LogP contribution is 2.19. The van der Waals surface area contributed by atoms with Crippen LogP contribution in [0.5, 0.6) is 0 Å². The quantitative estimate of drug-likeness (QED) is 0.583. The van der Waals surface area contributed by atoms with Gasteiger partial charge in [0, 0.05) is 52.4 Å². The number of halogens is 1. The van der Waals surface area contributed by atoms with E-state index in [1.165, 1.54) is 12.1 Å². The lowest BCUT2D eigenvalue weighted by Crippen LogP contribution is -2.60. The van der Waals surface area contributed by atoms with Crippen LogP contribution in [0.2, 0.25) is 0 Å². The Balaban J connectivity index is 1.38. The maximum Gasteiger partial charge on any atom is 0.407 e. The highest BCUT2D eigenvalue weighted by Gasteiger charge is 2.34. The van der Waals surface area contributed by atoms with Gasteiger partial charge in [-0.1, -0.05) is 0 Å². The molecule has 2 unspecified atom stereocenters. The number of carbonyl (C=O) groups is 1. The molecular formula is C21H33FN4O5S. The van der Waals surface area contributed by atoms with Gasteiger partial charge < -0.3 is 14.8 Å². The molecule has 1 aromatic carbocycles. The monoisotopic (exact) mass is 472 g/mol. The first kappa shape index (κ1) is 24.8. The van der Waals surface area contributed by atoms with Crippen molar-refractivity contribution >= 4 is 16.1 Å². The number of nitrogens with one attached hydrogen (secondary N) is 2. The molecule has 180 valence electrons. The molecule has 2 N–H and O–H groups in total. The Bertz CT molecular complexity index is 861. The molecule has 2 atom stereocenters. The summed E-state index contributed by atoms with van der Waals surface area (Å²) in [6.07, 6.45) is -0.337. The number of morpholine rings is 2. The Morgan fingerprint density at radius 1 is 1.06 bits per heavy atom. The number of rotatable bonds is 8. The molecule has 2 heterocycles. The van der Waals surface area contributed by atoms with Crippen LogP contribution in [0.4, 0.5) is 9.18 Å². The number of carbonyl (C=O) groups excluding carboxylic acids is 1. The molecule has 1 aromatic rings. The summed E-state index contributed by atoms with van der Waals surface area (Å²) >= 11 is 0. The summed E-state index contributed by atoms with van der Waals surface area (Å²) in [7, 11) is -3.66. The minimum absolute atomic E-state index is 0.0396. The van der Waals surface area contributed by atoms with Crippen LogP contribution in [0, 0.1) is 5.82 Å². The third-order valence-corrected chi connectivity index (χ3v) is 6.65. The van der Waals surface area contributed by atoms with E-state index in [2.05, 4.69) is 19.8 Å². The first-order valence-electron chi connectivity index (χ1n) is 10.8. The van der Waals surface area contributed by atoms with Gasteiger partial charge in [-0.15, -0.1) is 0 Å². The molecule has 0 spiro atoms. The van der Waals surface area contributed by atoms with Gasteiger partial charge in [-0.05, 0) is 45.0 Å². The largest absolute Gasteiger partial charge is 0.444 e. The van der Waals surface area contributed by atoms with Gasteiger partial charge in [0.15, 0.2) is 0 Å². The van der Waals surface area contributed by atoms with Crippen molar-refractivity contribution in [3.63, 3.8) is 0 Å². The van der Waals surface area contributed by atoms with Gasteiger partial charge in [0.2, 0.25) is 10.0 Å². The molecular weight excluding hydrogens is 439 g/mol. The molecule has 2 aliphatic rings. The van der Waals surface area contributed by atoms with E-state index < -0.39 is 27.5 Å². The second-order valence-electron chi connectivity index (χ2n) is 9.18. The number of amides is 1. The number of hydrogen-bond acceptors (Lipinski definition) is 7. The molecule has 0 aliphatic carbocycles. The zero-order valence-electron chi connectivity index (χ0n) is 18.8. The van der Waals surface area contributed by atoms with Gasteiger partial charge >= 0.3 is 6.09 Å². The van der Waals surface area contributed by atoms with Gasteiger partial charge in [0.25, 0.3) is 0 Å². The van der Waals surface area contributed by atoms with Crippen LogP contribution < -0.4 is 10.0 Å². The average molecular weight is 473 g/mol. The van der Waals surface area contributed by atoms with E-state index in [0.29, 0.717) is 32.7 Å². The van der Waals surface area contributed by atoms with Crippen molar-refractivity contribution < 1.29 is 27.1 Å². The lowest BCUT2D eigenvalue weighted by atomic mass is 10.1. The van der Waals surface area contributed by atoms with E-state index in [1.54, 1.807) is 0 Å². The Morgan fingerprint density at radius 3 is 2.12 bits per heavy atom. The van der Waals surface area contributed by atoms with Crippen LogP contribution in [0.3, 0.4) is 0 Å². The zero-order chi connectivity index (χ0) is 23.4. The van der Waals surface area contributed by atoms with Gasteiger partial charge in [-0.2, -0.15) is 0 Å². The molecule has 2 saturated heterocycles. The molecule has 2 fully saturated rings. The van der Waals surface area contributed by atoms with Crippen molar-refractivity contribution in [3.8, 4) is 0 Å². The molecule has 1 amide bonds. The fourth-order valence-corrected chi connectivity index (χ4v) is 4.91. The van der Waals surface area contributed by atoms with Crippen LogP contribution in [0.15, 0.2) is 29.2 Å². The Hall–Kier alpha value is -1.79. The summed E-state index contributed by atoms with van der Waals surface area (Å²) in [5, 5.41) is 2.78. The summed E-state index contributed by atoms with van der Waals surface area (Å²) in [6, 6.07) is 4.77. The molecule has 2 aliphatic heterocycles. The Labute approximate surface area is 189 Å². The van der Waals surface area contributed by atoms with Gasteiger partial charge in [-0.3, -0.25) is 9.80 Å². The summed E-state index contributed by atoms with van der Waals surface area (Å²) in [4.78, 5) is 16.3. The maximum absolute atomic E-state index is 13.0. The Kier molecular flexibility index (Phi) is 8.10. The number of hydrogen-bond donors (Lipinski definition) is 2. The van der Waals surface area contributed by atoms with Crippen molar-refractivity contribution in [1.29, 1.82) is 0 Å². The van der Waals surface area contributed by atoms with Crippen LogP contribution in [0.25, 0.3) is 0 Å². The van der Waals surface area contributed by atoms with Gasteiger partial charge in [0.05, 0.1) is 17.1 Å². The van der Waals surface area contributed by atoms with Gasteiger partial charge in [-0.25, -0.2) is 22.3 Å². The normalized spacial score (nSPS) is 22.5. The number of fused-ring (bicyclic) bond motifs is 2. The molecule has 0 radical (unpaired) electrons. The summed E-state index contributed by atoms with van der Waals surface area (Å²) in [5.41, 5.74) is -0.517. The van der Waals surface area contributed by atoms with Crippen molar-refractivity contribution in [2.24, 2.45) is 0 Å². The predicted octanol–water partition coefficient (Wildman–Crippen LogP) is 1.01. The zero-order valence-corrected chi connectivity index (χ0v) is 19.7. The summed E-state index contributed by atoms with van der Waals surface area (Å²) in [5.74, 6) is -0.474. The molecule has 11 heteroatoms. The first-order chi connectivity index (χ1) is 15.0. The van der Waals surface area contributed by atoms with E-state index in [4.69, 9.17) is 9.47 Å². The number of ether oxygens (including phenoxy) is 2. The summed E-state index contributed by atoms with van der Waals surface area (Å²) < 4.78 is 51.5. The third kappa shape index (κ3) is 7.66. The van der Waals surface area contributed by atoms with Crippen molar-refractivity contribution in [2.75, 3.05) is 52.4 Å². The van der Waals surface area contributed by atoms with Crippen LogP contribution in [-0.4, -0.2) is 94.5 Å². The van der Waals surface area contributed by atoms with E-state index in [9.17, 15) is 17.6 Å². The number of alkyl carbamates (subject to hydrolysis) is 1. The van der Waals surface area contributed by atoms with Crippen molar-refractivity contribution in [3.05, 3.63) is 30.1 Å².